The number of urea groups is 1. The summed E-state index contributed by atoms with van der Waals surface area (Å²) in [7, 11) is -3.64. The minimum Gasteiger partial charge on any atom is -0.323 e. The van der Waals surface area contributed by atoms with Crippen LogP contribution in [-0.2, 0) is 20.2 Å². The molecule has 2 heterocycles. The van der Waals surface area contributed by atoms with Gasteiger partial charge >= 0.3 is 6.03 Å². The molecule has 3 rings (SSSR count). The maximum absolute atomic E-state index is 13.0. The van der Waals surface area contributed by atoms with Gasteiger partial charge in [-0.2, -0.15) is 4.31 Å². The summed E-state index contributed by atoms with van der Waals surface area (Å²) in [6.07, 6.45) is 0.556. The van der Waals surface area contributed by atoms with Gasteiger partial charge in [-0.05, 0) is 49.8 Å². The van der Waals surface area contributed by atoms with Crippen LogP contribution < -0.4 is 5.32 Å². The van der Waals surface area contributed by atoms with E-state index >= 15 is 0 Å². The molecule has 3 amide bonds. The van der Waals surface area contributed by atoms with Crippen LogP contribution in [0.15, 0.2) is 29.2 Å². The molecule has 1 aromatic carbocycles. The van der Waals surface area contributed by atoms with E-state index in [1.165, 1.54) is 9.21 Å². The van der Waals surface area contributed by atoms with Gasteiger partial charge in [0.05, 0.1) is 4.90 Å². The summed E-state index contributed by atoms with van der Waals surface area (Å²) in [6, 6.07) is 6.36. The minimum absolute atomic E-state index is 0.0525. The van der Waals surface area contributed by atoms with Gasteiger partial charge in [-0.25, -0.2) is 13.2 Å². The molecule has 2 saturated heterocycles. The third-order valence-electron chi connectivity index (χ3n) is 5.64. The fourth-order valence-electron chi connectivity index (χ4n) is 3.83. The molecule has 0 atom stereocenters. The average Bonchev–Trinajstić information content (AvgIpc) is 2.84. The molecule has 1 aromatic rings. The van der Waals surface area contributed by atoms with Crippen molar-refractivity contribution in [1.82, 2.24) is 14.5 Å². The highest BCUT2D eigenvalue weighted by Crippen LogP contribution is 2.33. The smallest absolute Gasteiger partial charge is 0.323 e. The van der Waals surface area contributed by atoms with E-state index in [1.54, 1.807) is 26.0 Å². The standard InChI is InChI=1S/C20H29N3O4S/c1-14(2)23-17(24)20(21-18(23)25)10-12-22(13-11-20)28(26,27)16-8-6-15(7-9-16)19(3,4)5/h6-9,14H,10-13H2,1-5H3,(H,21,25). The fraction of sp³-hybridized carbons (Fsp3) is 0.600. The van der Waals surface area contributed by atoms with Gasteiger partial charge in [-0.15, -0.1) is 0 Å². The van der Waals surface area contributed by atoms with Crippen LogP contribution in [0.4, 0.5) is 4.79 Å². The van der Waals surface area contributed by atoms with E-state index in [9.17, 15) is 18.0 Å². The van der Waals surface area contributed by atoms with Gasteiger partial charge in [-0.1, -0.05) is 32.9 Å². The summed E-state index contributed by atoms with van der Waals surface area (Å²) < 4.78 is 27.4. The Bertz CT molecular complexity index is 877. The van der Waals surface area contributed by atoms with Crippen LogP contribution in [0.5, 0.6) is 0 Å². The predicted octanol–water partition coefficient (Wildman–Crippen LogP) is 2.47. The third-order valence-corrected chi connectivity index (χ3v) is 7.56. The number of carbonyl (C=O) groups is 2. The van der Waals surface area contributed by atoms with E-state index in [0.717, 1.165) is 5.56 Å². The van der Waals surface area contributed by atoms with Gasteiger partial charge in [0.2, 0.25) is 10.0 Å². The Morgan fingerprint density at radius 1 is 1.04 bits per heavy atom. The Hall–Kier alpha value is -1.93. The Morgan fingerprint density at radius 3 is 2.00 bits per heavy atom. The number of sulfonamides is 1. The number of nitrogens with one attached hydrogen (secondary N) is 1. The monoisotopic (exact) mass is 407 g/mol. The Labute approximate surface area is 167 Å². The Kier molecular flexibility index (Phi) is 5.08. The predicted molar refractivity (Wildman–Crippen MR) is 106 cm³/mol. The first-order valence-corrected chi connectivity index (χ1v) is 11.1. The topological polar surface area (TPSA) is 86.8 Å². The van der Waals surface area contributed by atoms with Crippen molar-refractivity contribution in [2.75, 3.05) is 13.1 Å². The quantitative estimate of drug-likeness (QED) is 0.780. The summed E-state index contributed by atoms with van der Waals surface area (Å²) in [6.45, 7) is 10.2. The lowest BCUT2D eigenvalue weighted by Crippen LogP contribution is -2.56. The zero-order valence-electron chi connectivity index (χ0n) is 17.2. The molecule has 0 aromatic heterocycles. The molecule has 0 aliphatic carbocycles. The lowest BCUT2D eigenvalue weighted by atomic mass is 9.87. The molecule has 0 saturated carbocycles. The molecular weight excluding hydrogens is 378 g/mol. The second kappa shape index (κ2) is 6.84. The molecule has 7 nitrogen and oxygen atoms in total. The summed E-state index contributed by atoms with van der Waals surface area (Å²) in [5.41, 5.74) is 0.0316. The van der Waals surface area contributed by atoms with E-state index in [2.05, 4.69) is 26.1 Å². The van der Waals surface area contributed by atoms with Crippen molar-refractivity contribution in [1.29, 1.82) is 0 Å². The van der Waals surface area contributed by atoms with Gasteiger partial charge in [0.25, 0.3) is 5.91 Å². The van der Waals surface area contributed by atoms with Crippen LogP contribution in [0.25, 0.3) is 0 Å². The van der Waals surface area contributed by atoms with Gasteiger partial charge in [0.1, 0.15) is 5.54 Å². The van der Waals surface area contributed by atoms with Crippen LogP contribution in [0, 0.1) is 0 Å². The number of benzene rings is 1. The molecule has 0 radical (unpaired) electrons. The molecule has 8 heteroatoms. The first-order valence-electron chi connectivity index (χ1n) is 9.65. The summed E-state index contributed by atoms with van der Waals surface area (Å²) in [5, 5.41) is 2.80. The van der Waals surface area contributed by atoms with Crippen molar-refractivity contribution in [3.8, 4) is 0 Å². The number of rotatable bonds is 3. The van der Waals surface area contributed by atoms with Crippen molar-refractivity contribution in [3.05, 3.63) is 29.8 Å². The molecule has 28 heavy (non-hydrogen) atoms. The molecule has 0 unspecified atom stereocenters. The second-order valence-corrected chi connectivity index (χ2v) is 10.9. The molecule has 2 aliphatic rings. The molecule has 1 N–H and O–H groups in total. The SMILES string of the molecule is CC(C)N1C(=O)NC2(CCN(S(=O)(=O)c3ccc(C(C)(C)C)cc3)CC2)C1=O. The lowest BCUT2D eigenvalue weighted by Gasteiger charge is -2.36. The first-order chi connectivity index (χ1) is 12.9. The van der Waals surface area contributed by atoms with Crippen molar-refractivity contribution in [3.63, 3.8) is 0 Å². The van der Waals surface area contributed by atoms with Gasteiger partial charge in [0.15, 0.2) is 0 Å². The molecular formula is C20H29N3O4S. The highest BCUT2D eigenvalue weighted by atomic mass is 32.2. The highest BCUT2D eigenvalue weighted by Gasteiger charge is 2.53. The summed E-state index contributed by atoms with van der Waals surface area (Å²) >= 11 is 0. The highest BCUT2D eigenvalue weighted by molar-refractivity contribution is 7.89. The average molecular weight is 408 g/mol. The molecule has 0 bridgehead atoms. The van der Waals surface area contributed by atoms with Crippen molar-refractivity contribution in [2.24, 2.45) is 0 Å². The van der Waals surface area contributed by atoms with Crippen LogP contribution in [-0.4, -0.2) is 54.2 Å². The first kappa shape index (κ1) is 20.8. The van der Waals surface area contributed by atoms with E-state index < -0.39 is 21.6 Å². The van der Waals surface area contributed by atoms with Crippen LogP contribution in [0.1, 0.15) is 53.0 Å². The maximum atomic E-state index is 13.0. The van der Waals surface area contributed by atoms with Gasteiger partial charge in [0, 0.05) is 19.1 Å². The molecule has 2 fully saturated rings. The zero-order chi connectivity index (χ0) is 20.9. The van der Waals surface area contributed by atoms with Crippen molar-refractivity contribution < 1.29 is 18.0 Å². The maximum Gasteiger partial charge on any atom is 0.325 e. The zero-order valence-corrected chi connectivity index (χ0v) is 18.0. The van der Waals surface area contributed by atoms with Crippen molar-refractivity contribution >= 4 is 22.0 Å². The Morgan fingerprint density at radius 2 is 1.57 bits per heavy atom. The number of imide groups is 1. The number of piperidine rings is 1. The number of hydrogen-bond donors (Lipinski definition) is 1. The van der Waals surface area contributed by atoms with E-state index in [-0.39, 0.29) is 48.2 Å². The number of hydrogen-bond acceptors (Lipinski definition) is 4. The fourth-order valence-corrected chi connectivity index (χ4v) is 5.27. The number of amides is 3. The van der Waals surface area contributed by atoms with E-state index in [4.69, 9.17) is 0 Å². The molecule has 2 aliphatic heterocycles. The number of nitrogens with zero attached hydrogens (tertiary/aromatic N) is 2. The van der Waals surface area contributed by atoms with Crippen LogP contribution >= 0.6 is 0 Å². The normalized spacial score (nSPS) is 20.9. The summed E-state index contributed by atoms with van der Waals surface area (Å²) in [4.78, 5) is 26.4. The second-order valence-electron chi connectivity index (χ2n) is 8.96. The lowest BCUT2D eigenvalue weighted by molar-refractivity contribution is -0.133. The third kappa shape index (κ3) is 3.43. The largest absolute Gasteiger partial charge is 0.325 e. The molecule has 154 valence electrons. The van der Waals surface area contributed by atoms with Crippen LogP contribution in [0.3, 0.4) is 0 Å². The van der Waals surface area contributed by atoms with Gasteiger partial charge < -0.3 is 5.32 Å². The van der Waals surface area contributed by atoms with E-state index in [1.807, 2.05) is 12.1 Å². The van der Waals surface area contributed by atoms with Crippen LogP contribution in [0.2, 0.25) is 0 Å². The minimum atomic E-state index is -3.64. The van der Waals surface area contributed by atoms with Gasteiger partial charge in [-0.3, -0.25) is 9.69 Å². The molecule has 1 spiro atoms. The number of carbonyl (C=O) groups excluding carboxylic acids is 2. The Balaban J connectivity index is 1.76. The van der Waals surface area contributed by atoms with E-state index in [0.29, 0.717) is 0 Å². The van der Waals surface area contributed by atoms with Crippen molar-refractivity contribution in [2.45, 2.75) is 69.4 Å². The summed E-state index contributed by atoms with van der Waals surface area (Å²) in [5.74, 6) is -0.251.